The van der Waals surface area contributed by atoms with E-state index in [2.05, 4.69) is 25.7 Å². The Morgan fingerprint density at radius 1 is 0.969 bits per heavy atom. The van der Waals surface area contributed by atoms with Crippen molar-refractivity contribution in [2.24, 2.45) is 0 Å². The maximum atomic E-state index is 13.7. The normalized spacial score (nSPS) is 18.0. The van der Waals surface area contributed by atoms with Crippen LogP contribution in [0.4, 0.5) is 17.3 Å². The minimum atomic E-state index is -1.55. The largest absolute Gasteiger partial charge is 0.327 e. The number of hydrogen-bond donors (Lipinski definition) is 4. The van der Waals surface area contributed by atoms with E-state index in [1.165, 1.54) is 0 Å². The molecule has 0 bridgehead atoms. The topological polar surface area (TPSA) is 125 Å². The number of rotatable bonds is 1. The van der Waals surface area contributed by atoms with Gasteiger partial charge in [0.25, 0.3) is 5.56 Å². The maximum absolute atomic E-state index is 13.7. The summed E-state index contributed by atoms with van der Waals surface area (Å²) in [6.45, 7) is 1.78. The second-order valence-corrected chi connectivity index (χ2v) is 8.17. The van der Waals surface area contributed by atoms with Crippen molar-refractivity contribution in [3.63, 3.8) is 0 Å². The molecule has 1 spiro atoms. The molecule has 0 unspecified atom stereocenters. The monoisotopic (exact) mass is 446 g/mol. The highest BCUT2D eigenvalue weighted by molar-refractivity contribution is 6.31. The van der Waals surface area contributed by atoms with Crippen molar-refractivity contribution in [3.05, 3.63) is 96.8 Å². The lowest BCUT2D eigenvalue weighted by Gasteiger charge is -2.34. The molecule has 4 N–H and O–H groups in total. The molecule has 158 valence electrons. The van der Waals surface area contributed by atoms with E-state index in [9.17, 15) is 14.4 Å². The number of nitrogens with zero attached hydrogens (tertiary/aromatic N) is 2. The van der Waals surface area contributed by atoms with E-state index in [1.807, 2.05) is 30.3 Å². The number of nitrogens with one attached hydrogen (secondary N) is 4. The summed E-state index contributed by atoms with van der Waals surface area (Å²) in [6, 6.07) is 14.4. The zero-order chi connectivity index (χ0) is 22.2. The van der Waals surface area contributed by atoms with E-state index >= 15 is 0 Å². The van der Waals surface area contributed by atoms with Crippen LogP contribution in [0.3, 0.4) is 0 Å². The van der Waals surface area contributed by atoms with Gasteiger partial charge in [0, 0.05) is 21.8 Å². The van der Waals surface area contributed by atoms with Gasteiger partial charge in [0.1, 0.15) is 17.1 Å². The lowest BCUT2D eigenvalue weighted by atomic mass is 9.69. The Bertz CT molecular complexity index is 1570. The number of amides is 1. The molecule has 4 aromatic rings. The molecule has 2 aromatic carbocycles. The SMILES string of the molecule is Cc1nn(-c2ccccc2)c2c1[C@]1(C(=O)Nc3ccc(Cl)cc31)c1c([nH]c(=O)[nH]c1=O)N2. The van der Waals surface area contributed by atoms with Crippen molar-refractivity contribution >= 4 is 34.8 Å². The van der Waals surface area contributed by atoms with Gasteiger partial charge in [-0.2, -0.15) is 5.10 Å². The summed E-state index contributed by atoms with van der Waals surface area (Å²) in [5, 5.41) is 11.1. The fourth-order valence-corrected chi connectivity index (χ4v) is 4.97. The van der Waals surface area contributed by atoms with Gasteiger partial charge < -0.3 is 10.6 Å². The Morgan fingerprint density at radius 3 is 2.53 bits per heavy atom. The van der Waals surface area contributed by atoms with Crippen molar-refractivity contribution < 1.29 is 4.79 Å². The summed E-state index contributed by atoms with van der Waals surface area (Å²) < 4.78 is 1.66. The molecule has 0 fully saturated rings. The van der Waals surface area contributed by atoms with Crippen LogP contribution in [-0.2, 0) is 10.2 Å². The third kappa shape index (κ3) is 2.23. The van der Waals surface area contributed by atoms with Gasteiger partial charge in [-0.25, -0.2) is 9.48 Å². The van der Waals surface area contributed by atoms with Gasteiger partial charge in [-0.3, -0.25) is 19.6 Å². The minimum absolute atomic E-state index is 0.0822. The molecule has 0 aliphatic carbocycles. The molecule has 0 saturated carbocycles. The van der Waals surface area contributed by atoms with Crippen LogP contribution in [0.2, 0.25) is 5.02 Å². The van der Waals surface area contributed by atoms with Gasteiger partial charge in [-0.1, -0.05) is 29.8 Å². The summed E-state index contributed by atoms with van der Waals surface area (Å²) >= 11 is 6.31. The van der Waals surface area contributed by atoms with Gasteiger partial charge >= 0.3 is 5.69 Å². The van der Waals surface area contributed by atoms with E-state index in [0.29, 0.717) is 33.3 Å². The Balaban J connectivity index is 1.80. The Hall–Kier alpha value is -4.11. The van der Waals surface area contributed by atoms with Crippen LogP contribution in [0.5, 0.6) is 0 Å². The first-order valence-electron chi connectivity index (χ1n) is 9.82. The lowest BCUT2D eigenvalue weighted by Crippen LogP contribution is -2.46. The number of carbonyl (C=O) groups is 1. The fraction of sp³-hybridized carbons (Fsp3) is 0.0909. The summed E-state index contributed by atoms with van der Waals surface area (Å²) in [7, 11) is 0. The molecule has 4 heterocycles. The molecule has 2 aliphatic heterocycles. The number of benzene rings is 2. The van der Waals surface area contributed by atoms with E-state index < -0.39 is 22.6 Å². The highest BCUT2D eigenvalue weighted by Crippen LogP contribution is 2.54. The quantitative estimate of drug-likeness (QED) is 0.357. The average molecular weight is 447 g/mol. The standard InChI is InChI=1S/C22H15ClN6O3/c1-10-15-18(29(28-10)12-5-3-2-4-6-12)25-17-16(19(30)27-21(32)26-17)22(15)13-9-11(23)7-8-14(13)24-20(22)31/h2-9H,1H3,(H,24,31)(H3,25,26,27,30,32)/t22-/m0/s1. The number of anilines is 3. The molecule has 9 nitrogen and oxygen atoms in total. The molecule has 2 aromatic heterocycles. The number of para-hydroxylation sites is 1. The highest BCUT2D eigenvalue weighted by Gasteiger charge is 2.58. The first-order chi connectivity index (χ1) is 15.4. The summed E-state index contributed by atoms with van der Waals surface area (Å²) in [6.07, 6.45) is 0. The second kappa shape index (κ2) is 6.21. The molecule has 1 atom stereocenters. The van der Waals surface area contributed by atoms with E-state index in [4.69, 9.17) is 11.6 Å². The zero-order valence-corrected chi connectivity index (χ0v) is 17.4. The number of halogens is 1. The molecule has 32 heavy (non-hydrogen) atoms. The van der Waals surface area contributed by atoms with Gasteiger partial charge in [0.15, 0.2) is 0 Å². The number of fused-ring (bicyclic) bond motifs is 6. The molecular formula is C22H15ClN6O3. The Labute approximate surface area is 185 Å². The maximum Gasteiger partial charge on any atom is 0.327 e. The summed E-state index contributed by atoms with van der Waals surface area (Å²) in [5.74, 6) is 0.184. The van der Waals surface area contributed by atoms with Crippen LogP contribution >= 0.6 is 11.6 Å². The average Bonchev–Trinajstić information content (AvgIpc) is 3.23. The van der Waals surface area contributed by atoms with Gasteiger partial charge in [0.05, 0.1) is 16.9 Å². The molecule has 0 saturated heterocycles. The third-order valence-electron chi connectivity index (χ3n) is 5.97. The van der Waals surface area contributed by atoms with Crippen LogP contribution in [-0.4, -0.2) is 25.7 Å². The molecule has 6 rings (SSSR count). The number of aryl methyl sites for hydroxylation is 1. The van der Waals surface area contributed by atoms with E-state index in [1.54, 1.807) is 29.8 Å². The van der Waals surface area contributed by atoms with Gasteiger partial charge in [-0.15, -0.1) is 0 Å². The highest BCUT2D eigenvalue weighted by atomic mass is 35.5. The smallest absolute Gasteiger partial charge is 0.326 e. The number of H-pyrrole nitrogens is 2. The predicted octanol–water partition coefficient (Wildman–Crippen LogP) is 2.55. The summed E-state index contributed by atoms with van der Waals surface area (Å²) in [5.41, 5.74) is 0.0522. The molecular weight excluding hydrogens is 432 g/mol. The molecule has 1 amide bonds. The molecule has 2 aliphatic rings. The summed E-state index contributed by atoms with van der Waals surface area (Å²) in [4.78, 5) is 43.9. The number of hydrogen-bond acceptors (Lipinski definition) is 5. The van der Waals surface area contributed by atoms with Crippen LogP contribution in [0, 0.1) is 6.92 Å². The van der Waals surface area contributed by atoms with Crippen LogP contribution < -0.4 is 21.9 Å². The van der Waals surface area contributed by atoms with Crippen LogP contribution in [0.15, 0.2) is 58.1 Å². The van der Waals surface area contributed by atoms with Gasteiger partial charge in [-0.05, 0) is 37.3 Å². The molecule has 0 radical (unpaired) electrons. The first kappa shape index (κ1) is 18.6. The number of aromatic amines is 2. The molecule has 10 heteroatoms. The third-order valence-corrected chi connectivity index (χ3v) is 6.21. The minimum Gasteiger partial charge on any atom is -0.326 e. The van der Waals surface area contributed by atoms with Crippen molar-refractivity contribution in [3.8, 4) is 5.69 Å². The zero-order valence-electron chi connectivity index (χ0n) is 16.6. The van der Waals surface area contributed by atoms with Crippen molar-refractivity contribution in [1.29, 1.82) is 0 Å². The fourth-order valence-electron chi connectivity index (χ4n) is 4.80. The van der Waals surface area contributed by atoms with Crippen LogP contribution in [0.1, 0.15) is 22.4 Å². The second-order valence-electron chi connectivity index (χ2n) is 7.73. The predicted molar refractivity (Wildman–Crippen MR) is 119 cm³/mol. The number of aromatic nitrogens is 4. The van der Waals surface area contributed by atoms with Crippen molar-refractivity contribution in [2.75, 3.05) is 10.6 Å². The van der Waals surface area contributed by atoms with E-state index in [0.717, 1.165) is 5.69 Å². The van der Waals surface area contributed by atoms with Crippen molar-refractivity contribution in [2.45, 2.75) is 12.3 Å². The Kier molecular flexibility index (Phi) is 3.62. The van der Waals surface area contributed by atoms with Crippen molar-refractivity contribution in [1.82, 2.24) is 19.7 Å². The Morgan fingerprint density at radius 2 is 1.75 bits per heavy atom. The van der Waals surface area contributed by atoms with E-state index in [-0.39, 0.29) is 11.4 Å². The number of carbonyl (C=O) groups excluding carboxylic acids is 1. The van der Waals surface area contributed by atoms with Gasteiger partial charge in [0.2, 0.25) is 5.91 Å². The lowest BCUT2D eigenvalue weighted by molar-refractivity contribution is -0.118. The first-order valence-corrected chi connectivity index (χ1v) is 10.2. The van der Waals surface area contributed by atoms with Crippen LogP contribution in [0.25, 0.3) is 5.69 Å².